The molecule has 17 heavy (non-hydrogen) atoms. The summed E-state index contributed by atoms with van der Waals surface area (Å²) in [6, 6.07) is 0. The fraction of sp³-hybridized carbons (Fsp3) is 0.900. The highest BCUT2D eigenvalue weighted by Gasteiger charge is 2.27. The summed E-state index contributed by atoms with van der Waals surface area (Å²) in [6.45, 7) is 1.96. The van der Waals surface area contributed by atoms with Crippen LogP contribution < -0.4 is 5.73 Å². The maximum atomic E-state index is 11.7. The normalized spacial score (nSPS) is 14.0. The van der Waals surface area contributed by atoms with Crippen molar-refractivity contribution in [3.05, 3.63) is 0 Å². The van der Waals surface area contributed by atoms with Gasteiger partial charge in [-0.05, 0) is 13.5 Å². The zero-order valence-electron chi connectivity index (χ0n) is 10.2. The van der Waals surface area contributed by atoms with Crippen molar-refractivity contribution in [3.63, 3.8) is 0 Å². The van der Waals surface area contributed by atoms with Crippen LogP contribution in [0.25, 0.3) is 0 Å². The van der Waals surface area contributed by atoms with Crippen LogP contribution >= 0.6 is 0 Å². The molecule has 0 aromatic carbocycles. The van der Waals surface area contributed by atoms with Gasteiger partial charge < -0.3 is 15.4 Å². The summed E-state index contributed by atoms with van der Waals surface area (Å²) in [5.74, 6) is 0.0706. The second-order valence-electron chi connectivity index (χ2n) is 4.14. The van der Waals surface area contributed by atoms with Gasteiger partial charge in [0, 0.05) is 25.6 Å². The van der Waals surface area contributed by atoms with Gasteiger partial charge >= 0.3 is 6.18 Å². The summed E-state index contributed by atoms with van der Waals surface area (Å²) >= 11 is 0. The molecule has 0 saturated heterocycles. The summed E-state index contributed by atoms with van der Waals surface area (Å²) in [5, 5.41) is 7.21. The Bertz CT molecular complexity index is 233. The van der Waals surface area contributed by atoms with E-state index in [9.17, 15) is 13.2 Å². The van der Waals surface area contributed by atoms with Crippen LogP contribution in [0.2, 0.25) is 0 Å². The Morgan fingerprint density at radius 3 is 2.53 bits per heavy atom. The average Bonchev–Trinajstić information content (AvgIpc) is 2.15. The fourth-order valence-electron chi connectivity index (χ4n) is 1.28. The van der Waals surface area contributed by atoms with Crippen LogP contribution in [0.15, 0.2) is 0 Å². The van der Waals surface area contributed by atoms with Crippen LogP contribution in [-0.4, -0.2) is 50.3 Å². The Hall–Kier alpha value is -0.820. The van der Waals surface area contributed by atoms with Crippen LogP contribution in [0, 0.1) is 11.3 Å². The van der Waals surface area contributed by atoms with Gasteiger partial charge in [-0.15, -0.1) is 0 Å². The van der Waals surface area contributed by atoms with Gasteiger partial charge in [-0.1, -0.05) is 6.92 Å². The number of amidine groups is 1. The van der Waals surface area contributed by atoms with Crippen molar-refractivity contribution >= 4 is 5.84 Å². The first-order chi connectivity index (χ1) is 7.72. The third-order valence-corrected chi connectivity index (χ3v) is 2.21. The molecule has 0 amide bonds. The lowest BCUT2D eigenvalue weighted by Gasteiger charge is -2.20. The van der Waals surface area contributed by atoms with E-state index >= 15 is 0 Å². The molecule has 0 aromatic heterocycles. The van der Waals surface area contributed by atoms with Gasteiger partial charge in [0.2, 0.25) is 0 Å². The van der Waals surface area contributed by atoms with E-state index < -0.39 is 12.8 Å². The molecule has 1 atom stereocenters. The number of nitrogens with one attached hydrogen (secondary N) is 1. The molecule has 0 aliphatic rings. The van der Waals surface area contributed by atoms with Gasteiger partial charge in [0.15, 0.2) is 0 Å². The predicted octanol–water partition coefficient (Wildman–Crippen LogP) is 1.46. The predicted molar refractivity (Wildman–Crippen MR) is 60.1 cm³/mol. The van der Waals surface area contributed by atoms with E-state index in [4.69, 9.17) is 11.1 Å². The van der Waals surface area contributed by atoms with Crippen LogP contribution in [0.1, 0.15) is 13.3 Å². The molecule has 0 spiro atoms. The van der Waals surface area contributed by atoms with E-state index in [-0.39, 0.29) is 18.4 Å². The van der Waals surface area contributed by atoms with Crippen molar-refractivity contribution in [2.75, 3.05) is 33.4 Å². The highest BCUT2D eigenvalue weighted by Crippen LogP contribution is 2.14. The summed E-state index contributed by atoms with van der Waals surface area (Å²) in [7, 11) is 1.84. The molecular formula is C10H20F3N3O. The molecule has 7 heteroatoms. The van der Waals surface area contributed by atoms with Crippen molar-refractivity contribution in [3.8, 4) is 0 Å². The maximum Gasteiger partial charge on any atom is 0.411 e. The Kier molecular flexibility index (Phi) is 7.13. The molecule has 0 radical (unpaired) electrons. The van der Waals surface area contributed by atoms with Crippen molar-refractivity contribution in [1.29, 1.82) is 5.41 Å². The Labute approximate surface area is 99.4 Å². The van der Waals surface area contributed by atoms with Crippen molar-refractivity contribution < 1.29 is 17.9 Å². The summed E-state index contributed by atoms with van der Waals surface area (Å²) in [4.78, 5) is 1.92. The molecule has 0 saturated carbocycles. The molecule has 0 aliphatic carbocycles. The van der Waals surface area contributed by atoms with Crippen LogP contribution in [0.3, 0.4) is 0 Å². The van der Waals surface area contributed by atoms with Crippen LogP contribution in [-0.2, 0) is 4.74 Å². The van der Waals surface area contributed by atoms with E-state index in [1.807, 2.05) is 18.9 Å². The Morgan fingerprint density at radius 1 is 1.47 bits per heavy atom. The number of hydrogen-bond donors (Lipinski definition) is 2. The first-order valence-corrected chi connectivity index (χ1v) is 5.39. The third kappa shape index (κ3) is 10.1. The lowest BCUT2D eigenvalue weighted by molar-refractivity contribution is -0.174. The maximum absolute atomic E-state index is 11.7. The second kappa shape index (κ2) is 7.50. The van der Waals surface area contributed by atoms with Crippen molar-refractivity contribution in [2.24, 2.45) is 11.7 Å². The van der Waals surface area contributed by atoms with Gasteiger partial charge in [0.1, 0.15) is 6.61 Å². The SMILES string of the molecule is CC(CN(C)CCCOCC(F)(F)F)C(=N)N. The molecule has 0 fully saturated rings. The molecule has 1 unspecified atom stereocenters. The smallest absolute Gasteiger partial charge is 0.387 e. The zero-order chi connectivity index (χ0) is 13.5. The number of hydrogen-bond acceptors (Lipinski definition) is 3. The van der Waals surface area contributed by atoms with Gasteiger partial charge in [-0.3, -0.25) is 5.41 Å². The minimum Gasteiger partial charge on any atom is -0.387 e. The molecule has 0 heterocycles. The number of halogens is 3. The molecule has 0 aromatic rings. The first kappa shape index (κ1) is 16.2. The molecular weight excluding hydrogens is 235 g/mol. The second-order valence-corrected chi connectivity index (χ2v) is 4.14. The summed E-state index contributed by atoms with van der Waals surface area (Å²) in [6.07, 6.45) is -3.73. The molecule has 102 valence electrons. The zero-order valence-corrected chi connectivity index (χ0v) is 10.2. The number of rotatable bonds is 8. The fourth-order valence-corrected chi connectivity index (χ4v) is 1.28. The highest BCUT2D eigenvalue weighted by molar-refractivity contribution is 5.79. The number of ether oxygens (including phenoxy) is 1. The largest absolute Gasteiger partial charge is 0.411 e. The Morgan fingerprint density at radius 2 is 2.06 bits per heavy atom. The standard InChI is InChI=1S/C10H20F3N3O/c1-8(9(14)15)6-16(2)4-3-5-17-7-10(11,12)13/h8H,3-7H2,1-2H3,(H3,14,15). The monoisotopic (exact) mass is 255 g/mol. The molecule has 3 N–H and O–H groups in total. The lowest BCUT2D eigenvalue weighted by atomic mass is 10.1. The minimum atomic E-state index is -4.25. The van der Waals surface area contributed by atoms with Gasteiger partial charge in [-0.25, -0.2) is 0 Å². The van der Waals surface area contributed by atoms with E-state index in [0.29, 0.717) is 19.5 Å². The molecule has 0 rings (SSSR count). The summed E-state index contributed by atoms with van der Waals surface area (Å²) in [5.41, 5.74) is 5.32. The molecule has 0 aliphatic heterocycles. The Balaban J connectivity index is 3.52. The van der Waals surface area contributed by atoms with Gasteiger partial charge in [0.05, 0.1) is 5.84 Å². The minimum absolute atomic E-state index is 0.0453. The van der Waals surface area contributed by atoms with Crippen LogP contribution in [0.5, 0.6) is 0 Å². The van der Waals surface area contributed by atoms with Crippen molar-refractivity contribution in [1.82, 2.24) is 4.90 Å². The van der Waals surface area contributed by atoms with E-state index in [1.54, 1.807) is 0 Å². The lowest BCUT2D eigenvalue weighted by Crippen LogP contribution is -2.33. The third-order valence-electron chi connectivity index (χ3n) is 2.21. The average molecular weight is 255 g/mol. The quantitative estimate of drug-likeness (QED) is 0.392. The van der Waals surface area contributed by atoms with E-state index in [0.717, 1.165) is 0 Å². The number of alkyl halides is 3. The summed E-state index contributed by atoms with van der Waals surface area (Å²) < 4.78 is 39.7. The number of nitrogens with two attached hydrogens (primary N) is 1. The molecule has 0 bridgehead atoms. The van der Waals surface area contributed by atoms with Crippen LogP contribution in [0.4, 0.5) is 13.2 Å². The first-order valence-electron chi connectivity index (χ1n) is 5.39. The van der Waals surface area contributed by atoms with Gasteiger partial charge in [0.25, 0.3) is 0 Å². The molecule has 4 nitrogen and oxygen atoms in total. The number of nitrogens with zero attached hydrogens (tertiary/aromatic N) is 1. The highest BCUT2D eigenvalue weighted by atomic mass is 19.4. The van der Waals surface area contributed by atoms with E-state index in [1.165, 1.54) is 0 Å². The van der Waals surface area contributed by atoms with E-state index in [2.05, 4.69) is 4.74 Å². The topological polar surface area (TPSA) is 62.3 Å². The van der Waals surface area contributed by atoms with Gasteiger partial charge in [-0.2, -0.15) is 13.2 Å². The van der Waals surface area contributed by atoms with Crippen molar-refractivity contribution in [2.45, 2.75) is 19.5 Å².